The maximum absolute atomic E-state index is 10.9. The summed E-state index contributed by atoms with van der Waals surface area (Å²) in [5.74, 6) is -1.32. The molecule has 1 fully saturated rings. The number of rotatable bonds is 5. The molecule has 1 amide bonds. The Balaban J connectivity index is 2.31. The second-order valence-corrected chi connectivity index (χ2v) is 4.58. The van der Waals surface area contributed by atoms with Gasteiger partial charge in [0.15, 0.2) is 0 Å². The first-order valence-electron chi connectivity index (χ1n) is 5.91. The summed E-state index contributed by atoms with van der Waals surface area (Å²) in [4.78, 5) is 24.0. The summed E-state index contributed by atoms with van der Waals surface area (Å²) in [5, 5.41) is 14.6. The molecule has 1 rings (SSSR count). The van der Waals surface area contributed by atoms with Crippen LogP contribution in [0, 0.1) is 0 Å². The van der Waals surface area contributed by atoms with Gasteiger partial charge in [0.25, 0.3) is 0 Å². The smallest absolute Gasteiger partial charge is 0.327 e. The first-order chi connectivity index (χ1) is 7.99. The van der Waals surface area contributed by atoms with E-state index < -0.39 is 12.0 Å². The topological polar surface area (TPSA) is 81.7 Å². The van der Waals surface area contributed by atoms with Crippen LogP contribution in [0.4, 0.5) is 0 Å². The molecule has 1 saturated heterocycles. The monoisotopic (exact) mass is 243 g/mol. The van der Waals surface area contributed by atoms with Gasteiger partial charge in [-0.05, 0) is 33.0 Å². The number of carboxylic acid groups (broad SMARTS) is 1. The Hall–Kier alpha value is -1.14. The average molecular weight is 243 g/mol. The SMILES string of the molecule is CC(=O)NC(CNC1CCN(C)CC1)C(=O)O. The zero-order valence-electron chi connectivity index (χ0n) is 10.4. The van der Waals surface area contributed by atoms with Crippen LogP contribution in [0.15, 0.2) is 0 Å². The number of carboxylic acids is 1. The van der Waals surface area contributed by atoms with Crippen molar-refractivity contribution in [1.82, 2.24) is 15.5 Å². The van der Waals surface area contributed by atoms with Gasteiger partial charge in [-0.25, -0.2) is 4.79 Å². The van der Waals surface area contributed by atoms with Gasteiger partial charge in [0.05, 0.1) is 0 Å². The van der Waals surface area contributed by atoms with Crippen LogP contribution in [-0.2, 0) is 9.59 Å². The highest BCUT2D eigenvalue weighted by atomic mass is 16.4. The Bertz CT molecular complexity index is 275. The Morgan fingerprint density at radius 1 is 1.41 bits per heavy atom. The zero-order valence-corrected chi connectivity index (χ0v) is 10.4. The number of aliphatic carboxylic acids is 1. The molecule has 0 saturated carbocycles. The summed E-state index contributed by atoms with van der Waals surface area (Å²) in [6.07, 6.45) is 2.03. The van der Waals surface area contributed by atoms with Gasteiger partial charge < -0.3 is 20.6 Å². The van der Waals surface area contributed by atoms with Crippen molar-refractivity contribution in [2.45, 2.75) is 31.8 Å². The molecule has 0 aliphatic carbocycles. The highest BCUT2D eigenvalue weighted by Gasteiger charge is 2.21. The maximum Gasteiger partial charge on any atom is 0.327 e. The van der Waals surface area contributed by atoms with E-state index in [0.717, 1.165) is 25.9 Å². The number of hydrogen-bond donors (Lipinski definition) is 3. The van der Waals surface area contributed by atoms with Gasteiger partial charge in [0, 0.05) is 19.5 Å². The van der Waals surface area contributed by atoms with Gasteiger partial charge in [-0.2, -0.15) is 0 Å². The van der Waals surface area contributed by atoms with Crippen molar-refractivity contribution in [3.63, 3.8) is 0 Å². The standard InChI is InChI=1S/C11H21N3O3/c1-8(15)13-10(11(16)17)7-12-9-3-5-14(2)6-4-9/h9-10,12H,3-7H2,1-2H3,(H,13,15)(H,16,17). The maximum atomic E-state index is 10.9. The molecule has 3 N–H and O–H groups in total. The fraction of sp³-hybridized carbons (Fsp3) is 0.818. The number of carbonyl (C=O) groups excluding carboxylic acids is 1. The van der Waals surface area contributed by atoms with Crippen LogP contribution in [0.2, 0.25) is 0 Å². The van der Waals surface area contributed by atoms with Gasteiger partial charge in [-0.15, -0.1) is 0 Å². The van der Waals surface area contributed by atoms with Crippen LogP contribution in [0.5, 0.6) is 0 Å². The minimum atomic E-state index is -0.999. The van der Waals surface area contributed by atoms with Crippen molar-refractivity contribution < 1.29 is 14.7 Å². The summed E-state index contributed by atoms with van der Waals surface area (Å²) in [5.41, 5.74) is 0. The molecular weight excluding hydrogens is 222 g/mol. The number of piperidine rings is 1. The van der Waals surface area contributed by atoms with E-state index >= 15 is 0 Å². The predicted octanol–water partition coefficient (Wildman–Crippen LogP) is -0.740. The van der Waals surface area contributed by atoms with E-state index in [1.165, 1.54) is 6.92 Å². The number of likely N-dealkylation sites (tertiary alicyclic amines) is 1. The van der Waals surface area contributed by atoms with Gasteiger partial charge in [0.2, 0.25) is 5.91 Å². The summed E-state index contributed by atoms with van der Waals surface area (Å²) >= 11 is 0. The summed E-state index contributed by atoms with van der Waals surface area (Å²) in [6.45, 7) is 3.65. The van der Waals surface area contributed by atoms with Crippen LogP contribution in [-0.4, -0.2) is 60.6 Å². The lowest BCUT2D eigenvalue weighted by molar-refractivity contribution is -0.141. The lowest BCUT2D eigenvalue weighted by atomic mass is 10.1. The highest BCUT2D eigenvalue weighted by molar-refractivity contribution is 5.82. The van der Waals surface area contributed by atoms with E-state index in [9.17, 15) is 9.59 Å². The molecule has 1 aliphatic heterocycles. The third kappa shape index (κ3) is 5.14. The predicted molar refractivity (Wildman–Crippen MR) is 63.8 cm³/mol. The number of amides is 1. The van der Waals surface area contributed by atoms with Crippen molar-refractivity contribution in [3.8, 4) is 0 Å². The van der Waals surface area contributed by atoms with E-state index in [4.69, 9.17) is 5.11 Å². The lowest BCUT2D eigenvalue weighted by Crippen LogP contribution is -2.50. The molecule has 1 unspecified atom stereocenters. The van der Waals surface area contributed by atoms with Crippen molar-refractivity contribution in [1.29, 1.82) is 0 Å². The van der Waals surface area contributed by atoms with E-state index in [-0.39, 0.29) is 12.5 Å². The zero-order chi connectivity index (χ0) is 12.8. The van der Waals surface area contributed by atoms with Crippen LogP contribution in [0.25, 0.3) is 0 Å². The fourth-order valence-corrected chi connectivity index (χ4v) is 1.94. The molecule has 0 aromatic carbocycles. The summed E-state index contributed by atoms with van der Waals surface area (Å²) in [6, 6.07) is -0.492. The van der Waals surface area contributed by atoms with Gasteiger partial charge in [0.1, 0.15) is 6.04 Å². The number of nitrogens with zero attached hydrogens (tertiary/aromatic N) is 1. The minimum absolute atomic E-state index is 0.281. The number of hydrogen-bond acceptors (Lipinski definition) is 4. The normalized spacial score (nSPS) is 19.9. The third-order valence-corrected chi connectivity index (χ3v) is 3.00. The Morgan fingerprint density at radius 3 is 2.47 bits per heavy atom. The van der Waals surface area contributed by atoms with Crippen molar-refractivity contribution in [2.24, 2.45) is 0 Å². The van der Waals surface area contributed by atoms with Crippen LogP contribution < -0.4 is 10.6 Å². The fourth-order valence-electron chi connectivity index (χ4n) is 1.94. The average Bonchev–Trinajstić information content (AvgIpc) is 2.25. The Morgan fingerprint density at radius 2 is 2.00 bits per heavy atom. The molecule has 0 radical (unpaired) electrons. The number of carbonyl (C=O) groups is 2. The highest BCUT2D eigenvalue weighted by Crippen LogP contribution is 2.07. The molecule has 6 nitrogen and oxygen atoms in total. The first kappa shape index (κ1) is 13.9. The minimum Gasteiger partial charge on any atom is -0.480 e. The van der Waals surface area contributed by atoms with E-state index in [0.29, 0.717) is 6.04 Å². The second-order valence-electron chi connectivity index (χ2n) is 4.58. The molecular formula is C11H21N3O3. The summed E-state index contributed by atoms with van der Waals surface area (Å²) in [7, 11) is 2.08. The van der Waals surface area contributed by atoms with Crippen LogP contribution in [0.3, 0.4) is 0 Å². The molecule has 1 atom stereocenters. The number of nitrogens with one attached hydrogen (secondary N) is 2. The summed E-state index contributed by atoms with van der Waals surface area (Å²) < 4.78 is 0. The van der Waals surface area contributed by atoms with Crippen molar-refractivity contribution in [3.05, 3.63) is 0 Å². The quantitative estimate of drug-likeness (QED) is 0.592. The molecule has 0 bridgehead atoms. The van der Waals surface area contributed by atoms with Crippen molar-refractivity contribution in [2.75, 3.05) is 26.7 Å². The third-order valence-electron chi connectivity index (χ3n) is 3.00. The molecule has 0 spiro atoms. The van der Waals surface area contributed by atoms with Gasteiger partial charge in [-0.3, -0.25) is 4.79 Å². The van der Waals surface area contributed by atoms with Gasteiger partial charge in [-0.1, -0.05) is 0 Å². The van der Waals surface area contributed by atoms with Crippen LogP contribution in [0.1, 0.15) is 19.8 Å². The molecule has 6 heteroatoms. The Labute approximate surface area is 101 Å². The van der Waals surface area contributed by atoms with E-state index in [2.05, 4.69) is 22.6 Å². The molecule has 1 aliphatic rings. The first-order valence-corrected chi connectivity index (χ1v) is 5.91. The molecule has 0 aromatic rings. The lowest BCUT2D eigenvalue weighted by Gasteiger charge is -2.30. The largest absolute Gasteiger partial charge is 0.480 e. The molecule has 1 heterocycles. The van der Waals surface area contributed by atoms with E-state index in [1.807, 2.05) is 0 Å². The molecule has 17 heavy (non-hydrogen) atoms. The van der Waals surface area contributed by atoms with Crippen LogP contribution >= 0.6 is 0 Å². The Kier molecular flexibility index (Phi) is 5.37. The van der Waals surface area contributed by atoms with E-state index in [1.54, 1.807) is 0 Å². The van der Waals surface area contributed by atoms with Gasteiger partial charge >= 0.3 is 5.97 Å². The second kappa shape index (κ2) is 6.56. The molecule has 98 valence electrons. The molecule has 0 aromatic heterocycles. The van der Waals surface area contributed by atoms with Crippen molar-refractivity contribution >= 4 is 11.9 Å².